The Balaban J connectivity index is 2.34. The average molecular weight is 201 g/mol. The predicted octanol–water partition coefficient (Wildman–Crippen LogP) is 2.53. The number of rotatable bonds is 1. The van der Waals surface area contributed by atoms with E-state index in [0.717, 1.165) is 31.5 Å². The molecule has 0 spiro atoms. The van der Waals surface area contributed by atoms with Crippen molar-refractivity contribution in [2.24, 2.45) is 0 Å². The minimum atomic E-state index is -1.40. The van der Waals surface area contributed by atoms with Gasteiger partial charge in [-0.15, -0.1) is 0 Å². The van der Waals surface area contributed by atoms with Crippen molar-refractivity contribution < 1.29 is 13.2 Å². The van der Waals surface area contributed by atoms with E-state index >= 15 is 0 Å². The summed E-state index contributed by atoms with van der Waals surface area (Å²) in [6.45, 7) is 0.839. The van der Waals surface area contributed by atoms with Crippen LogP contribution in [0, 0.1) is 17.5 Å². The molecular weight excluding hydrogens is 191 g/mol. The Kier molecular flexibility index (Phi) is 2.46. The quantitative estimate of drug-likeness (QED) is 0.688. The van der Waals surface area contributed by atoms with Crippen LogP contribution in [0.4, 0.5) is 13.2 Å². The molecule has 1 aromatic rings. The number of benzene rings is 1. The molecule has 0 saturated carbocycles. The Hall–Kier alpha value is -1.03. The van der Waals surface area contributed by atoms with Gasteiger partial charge in [-0.05, 0) is 37.1 Å². The highest BCUT2D eigenvalue weighted by atomic mass is 19.2. The highest BCUT2D eigenvalue weighted by molar-refractivity contribution is 5.23. The summed E-state index contributed by atoms with van der Waals surface area (Å²) < 4.78 is 38.3. The summed E-state index contributed by atoms with van der Waals surface area (Å²) in [4.78, 5) is 0. The van der Waals surface area contributed by atoms with Crippen LogP contribution in [0.25, 0.3) is 0 Å². The third kappa shape index (κ3) is 1.62. The number of hydrogen-bond donors (Lipinski definition) is 1. The molecule has 1 heterocycles. The third-order valence-corrected chi connectivity index (χ3v) is 2.47. The molecule has 1 aromatic carbocycles. The first-order valence-corrected chi connectivity index (χ1v) is 4.56. The van der Waals surface area contributed by atoms with Crippen LogP contribution in [0.1, 0.15) is 24.4 Å². The van der Waals surface area contributed by atoms with Crippen molar-refractivity contribution in [2.45, 2.75) is 18.9 Å². The highest BCUT2D eigenvalue weighted by Crippen LogP contribution is 2.25. The minimum absolute atomic E-state index is 0.0420. The summed E-state index contributed by atoms with van der Waals surface area (Å²) in [5.74, 6) is -3.63. The van der Waals surface area contributed by atoms with E-state index < -0.39 is 17.5 Å². The molecule has 1 saturated heterocycles. The first-order valence-electron chi connectivity index (χ1n) is 4.56. The maximum atomic E-state index is 12.9. The van der Waals surface area contributed by atoms with Gasteiger partial charge in [-0.2, -0.15) is 0 Å². The smallest absolute Gasteiger partial charge is 0.194 e. The standard InChI is InChI=1S/C10H10F3N/c11-7-4-6(5-8(12)10(7)13)9-2-1-3-14-9/h4-5,9,14H,1-3H2. The maximum absolute atomic E-state index is 12.9. The first-order chi connectivity index (χ1) is 6.68. The second kappa shape index (κ2) is 3.61. The van der Waals surface area contributed by atoms with Gasteiger partial charge < -0.3 is 5.32 Å². The molecule has 1 unspecified atom stereocenters. The van der Waals surface area contributed by atoms with Gasteiger partial charge in [-0.3, -0.25) is 0 Å². The molecule has 2 rings (SSSR count). The second-order valence-electron chi connectivity index (χ2n) is 3.45. The lowest BCUT2D eigenvalue weighted by Crippen LogP contribution is -2.13. The topological polar surface area (TPSA) is 12.0 Å². The van der Waals surface area contributed by atoms with Crippen molar-refractivity contribution in [3.63, 3.8) is 0 Å². The lowest BCUT2D eigenvalue weighted by atomic mass is 10.1. The van der Waals surface area contributed by atoms with E-state index in [9.17, 15) is 13.2 Å². The lowest BCUT2D eigenvalue weighted by molar-refractivity contribution is 0.442. The van der Waals surface area contributed by atoms with Gasteiger partial charge in [0.05, 0.1) is 0 Å². The third-order valence-electron chi connectivity index (χ3n) is 2.47. The molecular formula is C10H10F3N. The molecule has 1 aliphatic heterocycles. The predicted molar refractivity (Wildman–Crippen MR) is 46.3 cm³/mol. The van der Waals surface area contributed by atoms with Gasteiger partial charge in [0.15, 0.2) is 17.5 Å². The van der Waals surface area contributed by atoms with Crippen molar-refractivity contribution in [3.05, 3.63) is 35.1 Å². The van der Waals surface area contributed by atoms with Crippen LogP contribution in [0.5, 0.6) is 0 Å². The zero-order valence-electron chi connectivity index (χ0n) is 7.49. The largest absolute Gasteiger partial charge is 0.310 e. The van der Waals surface area contributed by atoms with Gasteiger partial charge in [0.2, 0.25) is 0 Å². The highest BCUT2D eigenvalue weighted by Gasteiger charge is 2.19. The fourth-order valence-corrected chi connectivity index (χ4v) is 1.75. The van der Waals surface area contributed by atoms with Crippen molar-refractivity contribution in [2.75, 3.05) is 6.54 Å². The van der Waals surface area contributed by atoms with E-state index in [1.54, 1.807) is 0 Å². The number of hydrogen-bond acceptors (Lipinski definition) is 1. The van der Waals surface area contributed by atoms with Crippen LogP contribution in [0.2, 0.25) is 0 Å². The average Bonchev–Trinajstić information content (AvgIpc) is 2.66. The molecule has 1 nitrogen and oxygen atoms in total. The van der Waals surface area contributed by atoms with Crippen LogP contribution < -0.4 is 5.32 Å². The Morgan fingerprint density at radius 2 is 1.79 bits per heavy atom. The molecule has 1 atom stereocenters. The molecule has 1 N–H and O–H groups in total. The summed E-state index contributed by atoms with van der Waals surface area (Å²) in [6, 6.07) is 2.07. The van der Waals surface area contributed by atoms with E-state index in [1.165, 1.54) is 0 Å². The molecule has 76 valence electrons. The van der Waals surface area contributed by atoms with Crippen molar-refractivity contribution in [1.29, 1.82) is 0 Å². The summed E-state index contributed by atoms with van der Waals surface area (Å²) in [5, 5.41) is 3.09. The van der Waals surface area contributed by atoms with E-state index in [-0.39, 0.29) is 6.04 Å². The van der Waals surface area contributed by atoms with E-state index in [4.69, 9.17) is 0 Å². The Labute approximate surface area is 79.9 Å². The summed E-state index contributed by atoms with van der Waals surface area (Å²) in [5.41, 5.74) is 0.485. The number of halogens is 3. The van der Waals surface area contributed by atoms with Crippen molar-refractivity contribution in [1.82, 2.24) is 5.32 Å². The van der Waals surface area contributed by atoms with Crippen LogP contribution in [0.3, 0.4) is 0 Å². The normalized spacial score (nSPS) is 21.5. The van der Waals surface area contributed by atoms with Gasteiger partial charge >= 0.3 is 0 Å². The molecule has 14 heavy (non-hydrogen) atoms. The van der Waals surface area contributed by atoms with E-state index in [1.807, 2.05) is 0 Å². The van der Waals surface area contributed by atoms with Gasteiger partial charge in [0, 0.05) is 6.04 Å². The summed E-state index contributed by atoms with van der Waals surface area (Å²) in [7, 11) is 0. The molecule has 0 bridgehead atoms. The molecule has 0 radical (unpaired) electrons. The fraction of sp³-hybridized carbons (Fsp3) is 0.400. The maximum Gasteiger partial charge on any atom is 0.194 e. The van der Waals surface area contributed by atoms with Crippen LogP contribution in [0.15, 0.2) is 12.1 Å². The van der Waals surface area contributed by atoms with Crippen molar-refractivity contribution in [3.8, 4) is 0 Å². The summed E-state index contributed by atoms with van der Waals surface area (Å²) >= 11 is 0. The Morgan fingerprint density at radius 1 is 1.14 bits per heavy atom. The Bertz CT molecular complexity index is 322. The van der Waals surface area contributed by atoms with E-state index in [0.29, 0.717) is 5.56 Å². The van der Waals surface area contributed by atoms with E-state index in [2.05, 4.69) is 5.32 Å². The van der Waals surface area contributed by atoms with Gasteiger partial charge in [-0.25, -0.2) is 13.2 Å². The van der Waals surface area contributed by atoms with Crippen LogP contribution in [-0.4, -0.2) is 6.54 Å². The molecule has 1 aliphatic rings. The van der Waals surface area contributed by atoms with Gasteiger partial charge in [0.25, 0.3) is 0 Å². The lowest BCUT2D eigenvalue weighted by Gasteiger charge is -2.10. The molecule has 4 heteroatoms. The molecule has 1 fully saturated rings. The number of nitrogens with one attached hydrogen (secondary N) is 1. The zero-order valence-corrected chi connectivity index (χ0v) is 7.49. The van der Waals surface area contributed by atoms with Crippen LogP contribution in [-0.2, 0) is 0 Å². The summed E-state index contributed by atoms with van der Waals surface area (Å²) in [6.07, 6.45) is 1.82. The first kappa shape index (κ1) is 9.52. The second-order valence-corrected chi connectivity index (χ2v) is 3.45. The van der Waals surface area contributed by atoms with Gasteiger partial charge in [-0.1, -0.05) is 0 Å². The molecule has 0 amide bonds. The van der Waals surface area contributed by atoms with Crippen LogP contribution >= 0.6 is 0 Å². The molecule has 0 aromatic heterocycles. The molecule has 0 aliphatic carbocycles. The zero-order chi connectivity index (χ0) is 10.1. The fourth-order valence-electron chi connectivity index (χ4n) is 1.75. The monoisotopic (exact) mass is 201 g/mol. The Morgan fingerprint density at radius 3 is 2.29 bits per heavy atom. The SMILES string of the molecule is Fc1cc(C2CCCN2)cc(F)c1F. The van der Waals surface area contributed by atoms with Crippen molar-refractivity contribution >= 4 is 0 Å². The van der Waals surface area contributed by atoms with Gasteiger partial charge in [0.1, 0.15) is 0 Å². The minimum Gasteiger partial charge on any atom is -0.310 e.